The Balaban J connectivity index is 1.49. The first-order valence-corrected chi connectivity index (χ1v) is 11.9. The third-order valence-electron chi connectivity index (χ3n) is 6.62. The van der Waals surface area contributed by atoms with Crippen molar-refractivity contribution in [1.82, 2.24) is 14.6 Å². The maximum atomic E-state index is 14.6. The van der Waals surface area contributed by atoms with Crippen LogP contribution in [0.15, 0.2) is 42.6 Å². The number of benzene rings is 2. The summed E-state index contributed by atoms with van der Waals surface area (Å²) in [6, 6.07) is 8.24. The summed E-state index contributed by atoms with van der Waals surface area (Å²) in [5.74, 6) is -2.58. The number of piperidine rings is 1. The number of alkyl halides is 3. The van der Waals surface area contributed by atoms with Gasteiger partial charge in [-0.15, -0.1) is 13.2 Å². The molecule has 0 unspecified atom stereocenters. The molecule has 1 aromatic heterocycles. The molecule has 0 radical (unpaired) electrons. The molecule has 0 saturated carbocycles. The number of halogens is 6. The van der Waals surface area contributed by atoms with E-state index in [1.54, 1.807) is 0 Å². The molecule has 2 heterocycles. The topological polar surface area (TPSA) is 54.8 Å². The van der Waals surface area contributed by atoms with Crippen LogP contribution < -0.4 is 0 Å². The molecule has 2 aromatic carbocycles. The predicted octanol–water partition coefficient (Wildman–Crippen LogP) is 5.71. The van der Waals surface area contributed by atoms with E-state index in [-0.39, 0.29) is 53.7 Å². The molecule has 1 aliphatic heterocycles. The molecule has 204 valence electrons. The summed E-state index contributed by atoms with van der Waals surface area (Å²) in [6.07, 6.45) is -2.69. The van der Waals surface area contributed by atoms with Gasteiger partial charge in [-0.3, -0.25) is 14.3 Å². The molecule has 3 aromatic rings. The minimum Gasteiger partial charge on any atom is -0.342 e. The number of ether oxygens (including phenoxy) is 1. The van der Waals surface area contributed by atoms with Gasteiger partial charge in [0.05, 0.1) is 24.2 Å². The van der Waals surface area contributed by atoms with Crippen molar-refractivity contribution in [1.29, 1.82) is 0 Å². The van der Waals surface area contributed by atoms with Crippen molar-refractivity contribution in [3.63, 3.8) is 0 Å². The van der Waals surface area contributed by atoms with E-state index in [2.05, 4.69) is 4.74 Å². The molecular formula is C26H25F6N3O3. The number of hydrogen-bond acceptors (Lipinski definition) is 3. The number of hydrogen-bond donors (Lipinski definition) is 0. The quantitative estimate of drug-likeness (QED) is 0.285. The van der Waals surface area contributed by atoms with Gasteiger partial charge in [-0.05, 0) is 42.0 Å². The van der Waals surface area contributed by atoms with Gasteiger partial charge in [0.25, 0.3) is 5.91 Å². The fourth-order valence-corrected chi connectivity index (χ4v) is 4.76. The lowest BCUT2D eigenvalue weighted by Crippen LogP contribution is -2.38. The first-order chi connectivity index (χ1) is 17.9. The predicted molar refractivity (Wildman–Crippen MR) is 126 cm³/mol. The molecule has 0 atom stereocenters. The minimum absolute atomic E-state index is 0.00265. The van der Waals surface area contributed by atoms with E-state index in [1.165, 1.54) is 46.0 Å². The molecular weight excluding hydrogens is 516 g/mol. The van der Waals surface area contributed by atoms with Crippen molar-refractivity contribution < 1.29 is 40.8 Å². The lowest BCUT2D eigenvalue weighted by atomic mass is 9.88. The number of fused-ring (bicyclic) bond motifs is 1. The number of aromatic nitrogens is 1. The van der Waals surface area contributed by atoms with Crippen molar-refractivity contribution in [2.24, 2.45) is 0 Å². The van der Waals surface area contributed by atoms with Crippen LogP contribution in [0.4, 0.5) is 26.4 Å². The van der Waals surface area contributed by atoms with E-state index in [0.717, 1.165) is 13.0 Å². The van der Waals surface area contributed by atoms with Crippen LogP contribution in [0.25, 0.3) is 10.9 Å². The zero-order valence-corrected chi connectivity index (χ0v) is 20.4. The van der Waals surface area contributed by atoms with Gasteiger partial charge >= 0.3 is 6.36 Å². The molecule has 1 saturated heterocycles. The highest BCUT2D eigenvalue weighted by molar-refractivity contribution is 6.07. The Kier molecular flexibility index (Phi) is 8.00. The minimum atomic E-state index is -4.83. The largest absolute Gasteiger partial charge is 0.522 e. The van der Waals surface area contributed by atoms with Crippen LogP contribution in [0.2, 0.25) is 0 Å². The fourth-order valence-electron chi connectivity index (χ4n) is 4.76. The SMILES string of the molecule is CC(=O)N(F)Cc1ccc(F)c(C2CCN(C(=O)c3cn(CCOC(F)(F)F)c4c(F)cccc34)CC2)c1. The number of amides is 2. The summed E-state index contributed by atoms with van der Waals surface area (Å²) in [4.78, 5) is 26.1. The third kappa shape index (κ3) is 6.12. The summed E-state index contributed by atoms with van der Waals surface area (Å²) >= 11 is 0. The number of rotatable bonds is 7. The molecule has 6 nitrogen and oxygen atoms in total. The number of carbonyl (C=O) groups excluding carboxylic acids is 2. The molecule has 0 aliphatic carbocycles. The van der Waals surface area contributed by atoms with Gasteiger partial charge in [0.15, 0.2) is 0 Å². The normalized spacial score (nSPS) is 14.8. The number of carbonyl (C=O) groups is 2. The highest BCUT2D eigenvalue weighted by atomic mass is 19.4. The van der Waals surface area contributed by atoms with E-state index < -0.39 is 36.4 Å². The Morgan fingerprint density at radius 2 is 1.79 bits per heavy atom. The van der Waals surface area contributed by atoms with Gasteiger partial charge in [-0.1, -0.05) is 28.7 Å². The average molecular weight is 541 g/mol. The second-order valence-electron chi connectivity index (χ2n) is 9.13. The highest BCUT2D eigenvalue weighted by Gasteiger charge is 2.30. The zero-order chi connectivity index (χ0) is 27.6. The molecule has 2 amide bonds. The van der Waals surface area contributed by atoms with E-state index in [0.29, 0.717) is 24.0 Å². The smallest absolute Gasteiger partial charge is 0.342 e. The summed E-state index contributed by atoms with van der Waals surface area (Å²) in [5.41, 5.74) is 0.949. The first-order valence-electron chi connectivity index (χ1n) is 11.9. The van der Waals surface area contributed by atoms with Gasteiger partial charge in [0, 0.05) is 38.1 Å². The first kappa shape index (κ1) is 27.5. The molecule has 0 spiro atoms. The van der Waals surface area contributed by atoms with E-state index in [9.17, 15) is 36.0 Å². The van der Waals surface area contributed by atoms with E-state index >= 15 is 0 Å². The number of para-hydroxylation sites is 1. The molecule has 4 rings (SSSR count). The van der Waals surface area contributed by atoms with Crippen molar-refractivity contribution in [3.05, 3.63) is 70.9 Å². The molecule has 1 aliphatic rings. The highest BCUT2D eigenvalue weighted by Crippen LogP contribution is 2.33. The van der Waals surface area contributed by atoms with Gasteiger partial charge in [-0.2, -0.15) is 5.12 Å². The van der Waals surface area contributed by atoms with Crippen LogP contribution in [-0.4, -0.2) is 52.5 Å². The average Bonchev–Trinajstić information content (AvgIpc) is 3.24. The molecule has 12 heteroatoms. The standard InChI is InChI=1S/C26H25F6N3O3/c1-16(36)35(32)14-17-5-6-22(27)20(13-17)18-7-9-33(10-8-18)25(37)21-15-34(11-12-38-26(29,30)31)24-19(21)3-2-4-23(24)28/h2-6,13,15,18H,7-12,14H2,1H3. The maximum absolute atomic E-state index is 14.6. The van der Waals surface area contributed by atoms with Crippen LogP contribution in [0, 0.1) is 11.6 Å². The van der Waals surface area contributed by atoms with Crippen molar-refractivity contribution in [2.45, 2.75) is 45.1 Å². The van der Waals surface area contributed by atoms with Gasteiger partial charge in [-0.25, -0.2) is 8.78 Å². The number of likely N-dealkylation sites (tertiary alicyclic amines) is 1. The van der Waals surface area contributed by atoms with Gasteiger partial charge in [0.2, 0.25) is 5.91 Å². The lowest BCUT2D eigenvalue weighted by molar-refractivity contribution is -0.325. The van der Waals surface area contributed by atoms with E-state index in [4.69, 9.17) is 0 Å². The Morgan fingerprint density at radius 3 is 2.45 bits per heavy atom. The summed E-state index contributed by atoms with van der Waals surface area (Å²) in [7, 11) is 0. The summed E-state index contributed by atoms with van der Waals surface area (Å²) in [6.45, 7) is 0.220. The summed E-state index contributed by atoms with van der Waals surface area (Å²) in [5, 5.41) is 0.302. The molecule has 1 fully saturated rings. The van der Waals surface area contributed by atoms with Crippen LogP contribution in [0.5, 0.6) is 0 Å². The Labute approximate surface area is 214 Å². The monoisotopic (exact) mass is 541 g/mol. The van der Waals surface area contributed by atoms with Crippen molar-refractivity contribution >= 4 is 22.7 Å². The molecule has 0 N–H and O–H groups in total. The van der Waals surface area contributed by atoms with Crippen molar-refractivity contribution in [3.8, 4) is 0 Å². The van der Waals surface area contributed by atoms with Crippen LogP contribution in [0.1, 0.15) is 47.2 Å². The lowest BCUT2D eigenvalue weighted by Gasteiger charge is -2.32. The third-order valence-corrected chi connectivity index (χ3v) is 6.62. The van der Waals surface area contributed by atoms with Gasteiger partial charge in [0.1, 0.15) is 11.6 Å². The Bertz CT molecular complexity index is 1330. The van der Waals surface area contributed by atoms with Crippen LogP contribution in [0.3, 0.4) is 0 Å². The van der Waals surface area contributed by atoms with Crippen LogP contribution in [-0.2, 0) is 22.6 Å². The fraction of sp³-hybridized carbons (Fsp3) is 0.385. The van der Waals surface area contributed by atoms with E-state index in [1.807, 2.05) is 0 Å². The zero-order valence-electron chi connectivity index (χ0n) is 20.4. The van der Waals surface area contributed by atoms with Gasteiger partial charge < -0.3 is 9.47 Å². The Hall–Kier alpha value is -3.54. The summed E-state index contributed by atoms with van der Waals surface area (Å²) < 4.78 is 85.1. The number of nitrogens with zero attached hydrogens (tertiary/aromatic N) is 3. The maximum Gasteiger partial charge on any atom is 0.522 e. The molecule has 38 heavy (non-hydrogen) atoms. The Morgan fingerprint density at radius 1 is 1.08 bits per heavy atom. The van der Waals surface area contributed by atoms with Crippen LogP contribution >= 0.6 is 0 Å². The van der Waals surface area contributed by atoms with Crippen molar-refractivity contribution in [2.75, 3.05) is 19.7 Å². The second kappa shape index (κ2) is 11.1. The second-order valence-corrected chi connectivity index (χ2v) is 9.13. The molecule has 0 bridgehead atoms.